The Kier molecular flexibility index (Phi) is 47.9. The molecule has 1 unspecified atom stereocenters. The molecule has 61 heavy (non-hydrogen) atoms. The lowest BCUT2D eigenvalue weighted by Crippen LogP contribution is -2.30. The zero-order chi connectivity index (χ0) is 44.4. The third-order valence-electron chi connectivity index (χ3n) is 11.4. The lowest BCUT2D eigenvalue weighted by atomic mass is 10.0. The fraction of sp³-hybridized carbons (Fsp3) is 0.800. The second-order valence-corrected chi connectivity index (χ2v) is 17.5. The monoisotopic (exact) mass is 855 g/mol. The molecule has 6 heteroatoms. The number of unbranched alkanes of at least 4 members (excludes halogenated alkanes) is 30. The molecule has 6 nitrogen and oxygen atoms in total. The molecule has 0 bridgehead atoms. The number of hydrogen-bond donors (Lipinski definition) is 0. The van der Waals surface area contributed by atoms with Crippen LogP contribution >= 0.6 is 0 Å². The minimum absolute atomic E-state index is 0.0838. The van der Waals surface area contributed by atoms with Crippen molar-refractivity contribution in [1.82, 2.24) is 0 Å². The van der Waals surface area contributed by atoms with Gasteiger partial charge in [-0.2, -0.15) is 0 Å². The summed E-state index contributed by atoms with van der Waals surface area (Å²) in [5.41, 5.74) is 0. The lowest BCUT2D eigenvalue weighted by Gasteiger charge is -2.18. The third-order valence-corrected chi connectivity index (χ3v) is 11.4. The Morgan fingerprint density at radius 2 is 0.656 bits per heavy atom. The van der Waals surface area contributed by atoms with Crippen LogP contribution in [0.25, 0.3) is 0 Å². The van der Waals surface area contributed by atoms with Crippen molar-refractivity contribution in [3.8, 4) is 0 Å². The molecule has 0 saturated heterocycles. The Labute approximate surface area is 378 Å². The molecule has 0 aliphatic carbocycles. The normalized spacial score (nSPS) is 12.4. The van der Waals surface area contributed by atoms with Gasteiger partial charge in [-0.15, -0.1) is 0 Å². The molecule has 0 radical (unpaired) electrons. The van der Waals surface area contributed by atoms with Gasteiger partial charge in [0.1, 0.15) is 13.2 Å². The first-order valence-corrected chi connectivity index (χ1v) is 26.2. The molecular formula is C55H98O6. The maximum Gasteiger partial charge on any atom is 0.306 e. The molecule has 0 aromatic heterocycles. The first-order chi connectivity index (χ1) is 30.0. The Balaban J connectivity index is 4.37. The zero-order valence-corrected chi connectivity index (χ0v) is 40.4. The predicted octanol–water partition coefficient (Wildman–Crippen LogP) is 17.1. The summed E-state index contributed by atoms with van der Waals surface area (Å²) in [4.78, 5) is 37.9. The summed E-state index contributed by atoms with van der Waals surface area (Å²) in [6, 6.07) is 0. The Morgan fingerprint density at radius 3 is 1.05 bits per heavy atom. The quantitative estimate of drug-likeness (QED) is 0.0199. The molecule has 0 saturated carbocycles. The highest BCUT2D eigenvalue weighted by Crippen LogP contribution is 2.16. The fourth-order valence-electron chi connectivity index (χ4n) is 7.44. The first kappa shape index (κ1) is 58.4. The second kappa shape index (κ2) is 50.0. The van der Waals surface area contributed by atoms with E-state index in [1.165, 1.54) is 128 Å². The third kappa shape index (κ3) is 48.3. The summed E-state index contributed by atoms with van der Waals surface area (Å²) in [5, 5.41) is 0. The highest BCUT2D eigenvalue weighted by molar-refractivity contribution is 5.71. The molecule has 0 rings (SSSR count). The Bertz CT molecular complexity index is 1070. The van der Waals surface area contributed by atoms with E-state index in [1.54, 1.807) is 0 Å². The molecule has 0 amide bonds. The maximum atomic E-state index is 12.8. The van der Waals surface area contributed by atoms with Crippen molar-refractivity contribution in [2.24, 2.45) is 0 Å². The van der Waals surface area contributed by atoms with E-state index in [9.17, 15) is 14.4 Å². The molecule has 0 aromatic rings. The molecular weight excluding hydrogens is 757 g/mol. The predicted molar refractivity (Wildman–Crippen MR) is 261 cm³/mol. The van der Waals surface area contributed by atoms with Gasteiger partial charge in [0, 0.05) is 19.3 Å². The van der Waals surface area contributed by atoms with Crippen LogP contribution in [0.4, 0.5) is 0 Å². The van der Waals surface area contributed by atoms with Crippen LogP contribution in [-0.2, 0) is 28.6 Å². The molecule has 0 fully saturated rings. The van der Waals surface area contributed by atoms with Crippen molar-refractivity contribution in [3.63, 3.8) is 0 Å². The first-order valence-electron chi connectivity index (χ1n) is 26.2. The molecule has 0 spiro atoms. The van der Waals surface area contributed by atoms with E-state index in [0.29, 0.717) is 19.3 Å². The number of rotatable bonds is 47. The van der Waals surface area contributed by atoms with E-state index >= 15 is 0 Å². The van der Waals surface area contributed by atoms with Gasteiger partial charge in [0.2, 0.25) is 0 Å². The molecule has 0 aliphatic heterocycles. The Morgan fingerprint density at radius 1 is 0.344 bits per heavy atom. The zero-order valence-electron chi connectivity index (χ0n) is 40.4. The van der Waals surface area contributed by atoms with Gasteiger partial charge in [0.05, 0.1) is 0 Å². The van der Waals surface area contributed by atoms with Crippen molar-refractivity contribution in [1.29, 1.82) is 0 Å². The molecule has 0 heterocycles. The van der Waals surface area contributed by atoms with Crippen LogP contribution in [0.15, 0.2) is 48.6 Å². The minimum atomic E-state index is -0.786. The summed E-state index contributed by atoms with van der Waals surface area (Å²) < 4.78 is 16.8. The van der Waals surface area contributed by atoms with Gasteiger partial charge in [0.15, 0.2) is 6.10 Å². The van der Waals surface area contributed by atoms with E-state index in [2.05, 4.69) is 69.4 Å². The SMILES string of the molecule is CC\C=C/C=C\C=C/CCCCCCCC(=O)OC(COC(=O)CCCCC/C=C\CCCCCCCC)COC(=O)CCCCCCCCCCCCCCCCCCC. The van der Waals surface area contributed by atoms with Gasteiger partial charge in [-0.05, 0) is 64.2 Å². The second-order valence-electron chi connectivity index (χ2n) is 17.5. The fourth-order valence-corrected chi connectivity index (χ4v) is 7.44. The van der Waals surface area contributed by atoms with Crippen LogP contribution in [0.3, 0.4) is 0 Å². The summed E-state index contributed by atoms with van der Waals surface area (Å²) in [5.74, 6) is -0.913. The standard InChI is InChI=1S/C55H98O6/c1-4-7-10-13-16-19-22-25-26-27-28-31-33-36-39-42-45-48-54(57)60-51-52(61-55(58)49-46-43-40-37-34-30-24-21-18-15-12-9-6-3)50-59-53(56)47-44-41-38-35-32-29-23-20-17-14-11-8-5-2/h9,12,15,18,21,24,29,32,52H,4-8,10-11,13-14,16-17,19-20,22-23,25-28,30-31,33-51H2,1-3H3/b12-9-,18-15-,24-21-,32-29-. The van der Waals surface area contributed by atoms with Crippen molar-refractivity contribution in [2.75, 3.05) is 13.2 Å². The van der Waals surface area contributed by atoms with Crippen molar-refractivity contribution in [3.05, 3.63) is 48.6 Å². The number of esters is 3. The van der Waals surface area contributed by atoms with Gasteiger partial charge in [-0.25, -0.2) is 0 Å². The van der Waals surface area contributed by atoms with Gasteiger partial charge in [-0.3, -0.25) is 14.4 Å². The van der Waals surface area contributed by atoms with Crippen LogP contribution in [0.1, 0.15) is 265 Å². The number of allylic oxidation sites excluding steroid dienone is 8. The molecule has 0 aliphatic rings. The summed E-state index contributed by atoms with van der Waals surface area (Å²) in [6.45, 7) is 6.49. The average molecular weight is 855 g/mol. The van der Waals surface area contributed by atoms with E-state index in [0.717, 1.165) is 96.3 Å². The van der Waals surface area contributed by atoms with Gasteiger partial charge < -0.3 is 14.2 Å². The van der Waals surface area contributed by atoms with Crippen molar-refractivity contribution < 1.29 is 28.6 Å². The van der Waals surface area contributed by atoms with Crippen LogP contribution in [-0.4, -0.2) is 37.2 Å². The average Bonchev–Trinajstić information content (AvgIpc) is 3.26. The van der Waals surface area contributed by atoms with E-state index in [4.69, 9.17) is 14.2 Å². The van der Waals surface area contributed by atoms with Crippen molar-refractivity contribution in [2.45, 2.75) is 271 Å². The van der Waals surface area contributed by atoms with E-state index in [-0.39, 0.29) is 31.1 Å². The lowest BCUT2D eigenvalue weighted by molar-refractivity contribution is -0.167. The largest absolute Gasteiger partial charge is 0.462 e. The number of carbonyl (C=O) groups excluding carboxylic acids is 3. The number of carbonyl (C=O) groups is 3. The molecule has 354 valence electrons. The number of hydrogen-bond acceptors (Lipinski definition) is 6. The minimum Gasteiger partial charge on any atom is -0.462 e. The molecule has 1 atom stereocenters. The van der Waals surface area contributed by atoms with Crippen LogP contribution in [0.5, 0.6) is 0 Å². The maximum absolute atomic E-state index is 12.8. The number of ether oxygens (including phenoxy) is 3. The summed E-state index contributed by atoms with van der Waals surface area (Å²) in [7, 11) is 0. The smallest absolute Gasteiger partial charge is 0.306 e. The highest BCUT2D eigenvalue weighted by Gasteiger charge is 2.19. The van der Waals surface area contributed by atoms with E-state index < -0.39 is 6.10 Å². The van der Waals surface area contributed by atoms with E-state index in [1.807, 2.05) is 0 Å². The van der Waals surface area contributed by atoms with Gasteiger partial charge >= 0.3 is 17.9 Å². The summed E-state index contributed by atoms with van der Waals surface area (Å²) in [6.07, 6.45) is 59.5. The van der Waals surface area contributed by atoms with Crippen LogP contribution in [0, 0.1) is 0 Å². The topological polar surface area (TPSA) is 78.9 Å². The molecule has 0 N–H and O–H groups in total. The van der Waals surface area contributed by atoms with Crippen LogP contribution in [0.2, 0.25) is 0 Å². The Hall–Kier alpha value is -2.63. The summed E-state index contributed by atoms with van der Waals surface area (Å²) >= 11 is 0. The van der Waals surface area contributed by atoms with Gasteiger partial charge in [0.25, 0.3) is 0 Å². The highest BCUT2D eigenvalue weighted by atomic mass is 16.6. The van der Waals surface area contributed by atoms with Crippen LogP contribution < -0.4 is 0 Å². The van der Waals surface area contributed by atoms with Crippen molar-refractivity contribution >= 4 is 17.9 Å². The molecule has 0 aromatic carbocycles. The van der Waals surface area contributed by atoms with Gasteiger partial charge in [-0.1, -0.05) is 230 Å².